The maximum atomic E-state index is 12.5. The smallest absolute Gasteiger partial charge is 0.239 e. The molecule has 1 amide bonds. The third-order valence-electron chi connectivity index (χ3n) is 4.12. The van der Waals surface area contributed by atoms with Crippen LogP contribution < -0.4 is 10.2 Å². The van der Waals surface area contributed by atoms with Crippen molar-refractivity contribution in [2.45, 2.75) is 24.3 Å². The molecular weight excluding hydrogens is 340 g/mol. The molecule has 0 unspecified atom stereocenters. The van der Waals surface area contributed by atoms with Crippen molar-refractivity contribution < 1.29 is 4.79 Å². The average molecular weight is 361 g/mol. The fraction of sp³-hybridized carbons (Fsp3) is 0.316. The molecule has 24 heavy (non-hydrogen) atoms. The summed E-state index contributed by atoms with van der Waals surface area (Å²) in [5.74, 6) is 1.13. The fourth-order valence-electron chi connectivity index (χ4n) is 2.86. The Bertz CT molecular complexity index is 705. The van der Waals surface area contributed by atoms with Crippen molar-refractivity contribution in [2.75, 3.05) is 23.7 Å². The van der Waals surface area contributed by atoms with E-state index in [1.165, 1.54) is 4.90 Å². The van der Waals surface area contributed by atoms with Crippen molar-refractivity contribution in [3.8, 4) is 0 Å². The highest BCUT2D eigenvalue weighted by atomic mass is 35.5. The predicted octanol–water partition coefficient (Wildman–Crippen LogP) is 4.52. The number of halogens is 1. The molecule has 3 nitrogen and oxygen atoms in total. The van der Waals surface area contributed by atoms with Crippen LogP contribution in [0.1, 0.15) is 24.9 Å². The molecule has 1 aliphatic heterocycles. The van der Waals surface area contributed by atoms with Crippen molar-refractivity contribution in [2.24, 2.45) is 0 Å². The van der Waals surface area contributed by atoms with Crippen LogP contribution in [0.25, 0.3) is 0 Å². The minimum atomic E-state index is -0.0358. The van der Waals surface area contributed by atoms with Crippen molar-refractivity contribution >= 4 is 35.0 Å². The molecule has 2 aromatic carbocycles. The lowest BCUT2D eigenvalue weighted by Crippen LogP contribution is -2.38. The number of fused-ring (bicyclic) bond motifs is 1. The maximum absolute atomic E-state index is 12.5. The molecule has 0 radical (unpaired) electrons. The molecule has 0 spiro atoms. The third-order valence-corrected chi connectivity index (χ3v) is 5.52. The first-order valence-electron chi connectivity index (χ1n) is 8.15. The number of carbonyl (C=O) groups is 1. The Labute approximate surface area is 152 Å². The molecule has 0 saturated heterocycles. The van der Waals surface area contributed by atoms with Crippen molar-refractivity contribution in [3.05, 3.63) is 59.1 Å². The number of carbonyl (C=O) groups excluding carboxylic acids is 1. The Morgan fingerprint density at radius 3 is 2.79 bits per heavy atom. The Morgan fingerprint density at radius 1 is 1.25 bits per heavy atom. The van der Waals surface area contributed by atoms with Crippen LogP contribution in [0.3, 0.4) is 0 Å². The summed E-state index contributed by atoms with van der Waals surface area (Å²) in [4.78, 5) is 15.9. The van der Waals surface area contributed by atoms with E-state index < -0.39 is 0 Å². The van der Waals surface area contributed by atoms with Crippen LogP contribution in [0.4, 0.5) is 5.69 Å². The lowest BCUT2D eigenvalue weighted by molar-refractivity contribution is -0.120. The van der Waals surface area contributed by atoms with Gasteiger partial charge in [0, 0.05) is 16.5 Å². The molecule has 2 aromatic rings. The zero-order chi connectivity index (χ0) is 16.9. The van der Waals surface area contributed by atoms with E-state index in [-0.39, 0.29) is 11.9 Å². The molecule has 1 aliphatic rings. The standard InChI is InChI=1S/C19H21ClN2OS/c1-14(15-7-9-16(20)10-8-15)21-19(23)13-22-11-4-12-24-18-6-3-2-5-17(18)22/h2-3,5-10,14H,4,11-13H2,1H3,(H,21,23)/t14-/m1/s1. The number of anilines is 1. The number of benzene rings is 2. The lowest BCUT2D eigenvalue weighted by Gasteiger charge is -2.25. The summed E-state index contributed by atoms with van der Waals surface area (Å²) in [5, 5.41) is 3.79. The molecule has 1 atom stereocenters. The lowest BCUT2D eigenvalue weighted by atomic mass is 10.1. The fourth-order valence-corrected chi connectivity index (χ4v) is 4.00. The van der Waals surface area contributed by atoms with Crippen molar-refractivity contribution in [3.63, 3.8) is 0 Å². The van der Waals surface area contributed by atoms with Crippen LogP contribution in [0.5, 0.6) is 0 Å². The SMILES string of the molecule is C[C@@H](NC(=O)CN1CCCSc2ccccc21)c1ccc(Cl)cc1. The predicted molar refractivity (Wildman–Crippen MR) is 102 cm³/mol. The van der Waals surface area contributed by atoms with E-state index in [1.54, 1.807) is 0 Å². The van der Waals surface area contributed by atoms with Crippen LogP contribution in [0.2, 0.25) is 5.02 Å². The molecule has 0 fully saturated rings. The van der Waals surface area contributed by atoms with E-state index in [2.05, 4.69) is 28.4 Å². The Kier molecular flexibility index (Phi) is 5.69. The second-order valence-corrected chi connectivity index (χ2v) is 7.51. The van der Waals surface area contributed by atoms with Gasteiger partial charge >= 0.3 is 0 Å². The summed E-state index contributed by atoms with van der Waals surface area (Å²) >= 11 is 7.78. The van der Waals surface area contributed by atoms with E-state index in [0.717, 1.165) is 30.0 Å². The number of nitrogens with zero attached hydrogens (tertiary/aromatic N) is 1. The van der Waals surface area contributed by atoms with Crippen LogP contribution in [-0.4, -0.2) is 24.7 Å². The van der Waals surface area contributed by atoms with Gasteiger partial charge in [0.2, 0.25) is 5.91 Å². The van der Waals surface area contributed by atoms with Gasteiger partial charge in [0.1, 0.15) is 0 Å². The largest absolute Gasteiger partial charge is 0.361 e. The number of nitrogens with one attached hydrogen (secondary N) is 1. The van der Waals surface area contributed by atoms with Crippen LogP contribution in [0.15, 0.2) is 53.4 Å². The summed E-state index contributed by atoms with van der Waals surface area (Å²) in [6.45, 7) is 3.29. The highest BCUT2D eigenvalue weighted by Crippen LogP contribution is 2.33. The molecule has 5 heteroatoms. The first-order valence-corrected chi connectivity index (χ1v) is 9.51. The summed E-state index contributed by atoms with van der Waals surface area (Å²) in [6.07, 6.45) is 1.08. The number of para-hydroxylation sites is 1. The first-order chi connectivity index (χ1) is 11.6. The highest BCUT2D eigenvalue weighted by molar-refractivity contribution is 7.99. The molecule has 126 valence electrons. The summed E-state index contributed by atoms with van der Waals surface area (Å²) in [7, 11) is 0. The van der Waals surface area contributed by atoms with Crippen molar-refractivity contribution in [1.82, 2.24) is 5.32 Å². The third kappa shape index (κ3) is 4.25. The normalized spacial score (nSPS) is 15.3. The molecule has 0 bridgehead atoms. The van der Waals surface area contributed by atoms with Gasteiger partial charge in [-0.05, 0) is 48.9 Å². The number of hydrogen-bond donors (Lipinski definition) is 1. The van der Waals surface area contributed by atoms with Gasteiger partial charge in [-0.15, -0.1) is 11.8 Å². The Morgan fingerprint density at radius 2 is 2.00 bits per heavy atom. The molecule has 0 aliphatic carbocycles. The quantitative estimate of drug-likeness (QED) is 0.870. The van der Waals surface area contributed by atoms with Gasteiger partial charge in [-0.25, -0.2) is 0 Å². The van der Waals surface area contributed by atoms with E-state index in [1.807, 2.05) is 49.0 Å². The molecule has 1 heterocycles. The maximum Gasteiger partial charge on any atom is 0.239 e. The second kappa shape index (κ2) is 7.95. The zero-order valence-corrected chi connectivity index (χ0v) is 15.2. The molecular formula is C19H21ClN2OS. The highest BCUT2D eigenvalue weighted by Gasteiger charge is 2.19. The summed E-state index contributed by atoms with van der Waals surface area (Å²) in [6, 6.07) is 15.9. The number of thioether (sulfide) groups is 1. The van der Waals surface area contributed by atoms with Gasteiger partial charge in [0.05, 0.1) is 18.3 Å². The topological polar surface area (TPSA) is 32.3 Å². The van der Waals surface area contributed by atoms with E-state index in [9.17, 15) is 4.79 Å². The molecule has 1 N–H and O–H groups in total. The Balaban J connectivity index is 1.65. The average Bonchev–Trinajstić information content (AvgIpc) is 2.78. The molecule has 0 saturated carbocycles. The van der Waals surface area contributed by atoms with Crippen LogP contribution in [-0.2, 0) is 4.79 Å². The summed E-state index contributed by atoms with van der Waals surface area (Å²) < 4.78 is 0. The molecule has 0 aromatic heterocycles. The van der Waals surface area contributed by atoms with E-state index >= 15 is 0 Å². The Hall–Kier alpha value is -1.65. The van der Waals surface area contributed by atoms with Gasteiger partial charge in [0.15, 0.2) is 0 Å². The van der Waals surface area contributed by atoms with Gasteiger partial charge in [0.25, 0.3) is 0 Å². The first kappa shape index (κ1) is 17.2. The summed E-state index contributed by atoms with van der Waals surface area (Å²) in [5.41, 5.74) is 2.22. The minimum Gasteiger partial charge on any atom is -0.361 e. The monoisotopic (exact) mass is 360 g/mol. The van der Waals surface area contributed by atoms with Gasteiger partial charge in [-0.3, -0.25) is 4.79 Å². The van der Waals surface area contributed by atoms with Gasteiger partial charge in [-0.1, -0.05) is 35.9 Å². The number of amides is 1. The molecule has 3 rings (SSSR count). The zero-order valence-electron chi connectivity index (χ0n) is 13.7. The van der Waals surface area contributed by atoms with Crippen LogP contribution >= 0.6 is 23.4 Å². The van der Waals surface area contributed by atoms with Gasteiger partial charge < -0.3 is 10.2 Å². The van der Waals surface area contributed by atoms with Crippen LogP contribution in [0, 0.1) is 0 Å². The minimum absolute atomic E-state index is 0.0358. The number of hydrogen-bond acceptors (Lipinski definition) is 3. The second-order valence-electron chi connectivity index (χ2n) is 5.93. The van der Waals surface area contributed by atoms with E-state index in [0.29, 0.717) is 11.6 Å². The van der Waals surface area contributed by atoms with Crippen molar-refractivity contribution in [1.29, 1.82) is 0 Å². The van der Waals surface area contributed by atoms with Gasteiger partial charge in [-0.2, -0.15) is 0 Å². The van der Waals surface area contributed by atoms with E-state index in [4.69, 9.17) is 11.6 Å². The number of rotatable bonds is 4.